The molecule has 4 rings (SSSR count). The number of carbonyl (C=O) groups excluding carboxylic acids is 1. The molecule has 1 N–H and O–H groups in total. The summed E-state index contributed by atoms with van der Waals surface area (Å²) in [5, 5.41) is 4.35. The first-order chi connectivity index (χ1) is 15.0. The second-order valence-electron chi connectivity index (χ2n) is 9.31. The molecular formula is C24H37N5OS. The molecule has 1 saturated heterocycles. The summed E-state index contributed by atoms with van der Waals surface area (Å²) in [7, 11) is 0. The molecule has 2 aromatic rings. The Morgan fingerprint density at radius 3 is 2.71 bits per heavy atom. The number of fused-ring (bicyclic) bond motifs is 3. The van der Waals surface area contributed by atoms with E-state index >= 15 is 0 Å². The van der Waals surface area contributed by atoms with E-state index < -0.39 is 0 Å². The lowest BCUT2D eigenvalue weighted by molar-refractivity contribution is 0.194. The number of unbranched alkanes of at least 4 members (excludes halogenated alkanes) is 1. The van der Waals surface area contributed by atoms with E-state index in [1.54, 1.807) is 0 Å². The summed E-state index contributed by atoms with van der Waals surface area (Å²) in [5.41, 5.74) is 1.49. The van der Waals surface area contributed by atoms with E-state index in [1.807, 2.05) is 16.2 Å². The third-order valence-corrected chi connectivity index (χ3v) is 8.03. The number of nitrogens with zero attached hydrogens (tertiary/aromatic N) is 4. The Labute approximate surface area is 190 Å². The Morgan fingerprint density at radius 2 is 2.00 bits per heavy atom. The summed E-state index contributed by atoms with van der Waals surface area (Å²) in [6.45, 7) is 12.8. The van der Waals surface area contributed by atoms with Gasteiger partial charge in [0.2, 0.25) is 0 Å². The molecule has 0 saturated carbocycles. The first-order valence-electron chi connectivity index (χ1n) is 12.1. The van der Waals surface area contributed by atoms with Crippen LogP contribution in [0.4, 0.5) is 10.6 Å². The zero-order valence-corrected chi connectivity index (χ0v) is 20.4. The maximum atomic E-state index is 12.5. The molecule has 0 unspecified atom stereocenters. The van der Waals surface area contributed by atoms with Gasteiger partial charge < -0.3 is 15.1 Å². The normalized spacial score (nSPS) is 20.1. The third-order valence-electron chi connectivity index (χ3n) is 6.88. The Bertz CT molecular complexity index is 918. The average Bonchev–Trinajstić information content (AvgIpc) is 3.15. The summed E-state index contributed by atoms with van der Waals surface area (Å²) in [6, 6.07) is 0.0723. The van der Waals surface area contributed by atoms with Crippen LogP contribution >= 0.6 is 11.3 Å². The van der Waals surface area contributed by atoms with Gasteiger partial charge in [0.25, 0.3) is 0 Å². The largest absolute Gasteiger partial charge is 0.352 e. The zero-order valence-electron chi connectivity index (χ0n) is 19.5. The SMILES string of the molecule is CCCCNC(=O)N1CCN(c2nc([C@H](C)CC)nc3sc4c(c23)CC[C@H](C)C4)CC1. The highest BCUT2D eigenvalue weighted by Crippen LogP contribution is 2.41. The van der Waals surface area contributed by atoms with Crippen molar-refractivity contribution < 1.29 is 4.79 Å². The van der Waals surface area contributed by atoms with Crippen LogP contribution in [-0.4, -0.2) is 53.6 Å². The van der Waals surface area contributed by atoms with Crippen molar-refractivity contribution in [1.82, 2.24) is 20.2 Å². The van der Waals surface area contributed by atoms with Crippen molar-refractivity contribution in [3.05, 3.63) is 16.3 Å². The van der Waals surface area contributed by atoms with Crippen molar-refractivity contribution in [1.29, 1.82) is 0 Å². The number of hydrogen-bond acceptors (Lipinski definition) is 5. The lowest BCUT2D eigenvalue weighted by Crippen LogP contribution is -2.52. The zero-order chi connectivity index (χ0) is 22.0. The highest BCUT2D eigenvalue weighted by Gasteiger charge is 2.29. The smallest absolute Gasteiger partial charge is 0.317 e. The first kappa shape index (κ1) is 22.3. The Hall–Kier alpha value is -1.89. The van der Waals surface area contributed by atoms with Gasteiger partial charge in [-0.05, 0) is 43.6 Å². The molecule has 2 atom stereocenters. The molecule has 0 aromatic carbocycles. The summed E-state index contributed by atoms with van der Waals surface area (Å²) in [6.07, 6.45) is 6.72. The van der Waals surface area contributed by atoms with Gasteiger partial charge in [0.15, 0.2) is 0 Å². The minimum Gasteiger partial charge on any atom is -0.352 e. The van der Waals surface area contributed by atoms with Crippen LogP contribution in [0.1, 0.15) is 75.6 Å². The van der Waals surface area contributed by atoms with Crippen LogP contribution in [0.5, 0.6) is 0 Å². The molecule has 2 aromatic heterocycles. The van der Waals surface area contributed by atoms with Crippen LogP contribution in [0.2, 0.25) is 0 Å². The van der Waals surface area contributed by atoms with Gasteiger partial charge in [-0.3, -0.25) is 0 Å². The van der Waals surface area contributed by atoms with Crippen LogP contribution in [-0.2, 0) is 12.8 Å². The number of aromatic nitrogens is 2. The molecule has 1 aliphatic carbocycles. The maximum Gasteiger partial charge on any atom is 0.317 e. The van der Waals surface area contributed by atoms with E-state index in [9.17, 15) is 4.79 Å². The fraction of sp³-hybridized carbons (Fsp3) is 0.708. The van der Waals surface area contributed by atoms with E-state index in [4.69, 9.17) is 9.97 Å². The van der Waals surface area contributed by atoms with Crippen LogP contribution in [0, 0.1) is 5.92 Å². The Morgan fingerprint density at radius 1 is 1.23 bits per heavy atom. The fourth-order valence-electron chi connectivity index (χ4n) is 4.58. The summed E-state index contributed by atoms with van der Waals surface area (Å²) < 4.78 is 0. The lowest BCUT2D eigenvalue weighted by atomic mass is 9.89. The van der Waals surface area contributed by atoms with Crippen LogP contribution in [0.15, 0.2) is 0 Å². The van der Waals surface area contributed by atoms with Crippen molar-refractivity contribution in [3.8, 4) is 0 Å². The number of carbonyl (C=O) groups is 1. The summed E-state index contributed by atoms with van der Waals surface area (Å²) in [4.78, 5) is 29.6. The van der Waals surface area contributed by atoms with Gasteiger partial charge in [0, 0.05) is 43.5 Å². The van der Waals surface area contributed by atoms with Gasteiger partial charge in [0.05, 0.1) is 5.39 Å². The molecule has 0 radical (unpaired) electrons. The molecule has 170 valence electrons. The highest BCUT2D eigenvalue weighted by atomic mass is 32.1. The number of thiophene rings is 1. The molecule has 2 aliphatic rings. The molecule has 0 spiro atoms. The van der Waals surface area contributed by atoms with E-state index in [-0.39, 0.29) is 6.03 Å². The number of aryl methyl sites for hydroxylation is 1. The van der Waals surface area contributed by atoms with E-state index in [0.29, 0.717) is 5.92 Å². The predicted octanol–water partition coefficient (Wildman–Crippen LogP) is 4.96. The van der Waals surface area contributed by atoms with E-state index in [0.717, 1.165) is 76.0 Å². The molecule has 1 aliphatic heterocycles. The minimum absolute atomic E-state index is 0.0723. The number of hydrogen-bond donors (Lipinski definition) is 1. The molecule has 0 bridgehead atoms. The second-order valence-corrected chi connectivity index (χ2v) is 10.4. The first-order valence-corrected chi connectivity index (χ1v) is 12.9. The van der Waals surface area contributed by atoms with E-state index in [2.05, 4.69) is 37.9 Å². The van der Waals surface area contributed by atoms with Crippen molar-refractivity contribution in [2.75, 3.05) is 37.6 Å². The molecule has 3 heterocycles. The standard InChI is InChI=1S/C24H37N5OS/c1-5-7-10-25-24(30)29-13-11-28(12-14-29)22-20-18-9-8-16(3)15-19(18)31-23(20)27-21(26-22)17(4)6-2/h16-17H,5-15H2,1-4H3,(H,25,30)/t16-,17+/m0/s1. The second kappa shape index (κ2) is 9.72. The highest BCUT2D eigenvalue weighted by molar-refractivity contribution is 7.19. The fourth-order valence-corrected chi connectivity index (χ4v) is 5.96. The lowest BCUT2D eigenvalue weighted by Gasteiger charge is -2.36. The Kier molecular flexibility index (Phi) is 6.99. The topological polar surface area (TPSA) is 61.4 Å². The number of anilines is 1. The molecule has 7 heteroatoms. The number of piperazine rings is 1. The molecule has 31 heavy (non-hydrogen) atoms. The van der Waals surface area contributed by atoms with Gasteiger partial charge in [-0.15, -0.1) is 11.3 Å². The van der Waals surface area contributed by atoms with Crippen molar-refractivity contribution in [2.45, 2.75) is 72.1 Å². The maximum absolute atomic E-state index is 12.5. The monoisotopic (exact) mass is 443 g/mol. The Balaban J connectivity index is 1.60. The van der Waals surface area contributed by atoms with Gasteiger partial charge in [-0.25, -0.2) is 14.8 Å². The van der Waals surface area contributed by atoms with Gasteiger partial charge >= 0.3 is 6.03 Å². The molecule has 6 nitrogen and oxygen atoms in total. The quantitative estimate of drug-likeness (QED) is 0.641. The number of urea groups is 1. The number of amides is 2. The molecular weight excluding hydrogens is 406 g/mol. The average molecular weight is 444 g/mol. The van der Waals surface area contributed by atoms with Gasteiger partial charge in [-0.1, -0.05) is 34.1 Å². The van der Waals surface area contributed by atoms with Crippen molar-refractivity contribution in [2.24, 2.45) is 5.92 Å². The molecule has 1 fully saturated rings. The predicted molar refractivity (Wildman–Crippen MR) is 129 cm³/mol. The summed E-state index contributed by atoms with van der Waals surface area (Å²) in [5.74, 6) is 3.18. The van der Waals surface area contributed by atoms with Gasteiger partial charge in [0.1, 0.15) is 16.5 Å². The third kappa shape index (κ3) is 4.66. The van der Waals surface area contributed by atoms with Crippen LogP contribution in [0.3, 0.4) is 0 Å². The summed E-state index contributed by atoms with van der Waals surface area (Å²) >= 11 is 1.89. The van der Waals surface area contributed by atoms with Gasteiger partial charge in [-0.2, -0.15) is 0 Å². The van der Waals surface area contributed by atoms with Crippen LogP contribution < -0.4 is 10.2 Å². The molecule has 2 amide bonds. The number of rotatable bonds is 6. The van der Waals surface area contributed by atoms with Crippen LogP contribution in [0.25, 0.3) is 10.2 Å². The van der Waals surface area contributed by atoms with Crippen molar-refractivity contribution >= 4 is 33.4 Å². The number of nitrogens with one attached hydrogen (secondary N) is 1. The minimum atomic E-state index is 0.0723. The van der Waals surface area contributed by atoms with Crippen molar-refractivity contribution in [3.63, 3.8) is 0 Å². The van der Waals surface area contributed by atoms with E-state index in [1.165, 1.54) is 33.5 Å².